The topological polar surface area (TPSA) is 60.8 Å². The van der Waals surface area contributed by atoms with Crippen LogP contribution in [0.3, 0.4) is 0 Å². The summed E-state index contributed by atoms with van der Waals surface area (Å²) < 4.78 is 0. The third-order valence-corrected chi connectivity index (χ3v) is 3.37. The van der Waals surface area contributed by atoms with Gasteiger partial charge in [0.15, 0.2) is 11.5 Å². The fourth-order valence-electron chi connectivity index (χ4n) is 1.89. The first kappa shape index (κ1) is 12.0. The Balaban J connectivity index is 2.11. The monoisotopic (exact) mass is 255 g/mol. The van der Waals surface area contributed by atoms with E-state index in [1.165, 1.54) is 18.2 Å². The molecule has 0 saturated carbocycles. The van der Waals surface area contributed by atoms with Crippen LogP contribution in [-0.2, 0) is 0 Å². The van der Waals surface area contributed by atoms with Crippen molar-refractivity contribution in [1.82, 2.24) is 4.90 Å². The fourth-order valence-corrected chi connectivity index (χ4v) is 2.09. The lowest BCUT2D eigenvalue weighted by Gasteiger charge is -2.29. The Morgan fingerprint density at radius 3 is 2.47 bits per heavy atom. The second-order valence-electron chi connectivity index (χ2n) is 4.17. The Morgan fingerprint density at radius 2 is 1.88 bits per heavy atom. The molecule has 0 atom stereocenters. The van der Waals surface area contributed by atoms with Crippen molar-refractivity contribution < 1.29 is 15.0 Å². The van der Waals surface area contributed by atoms with E-state index in [-0.39, 0.29) is 22.8 Å². The third kappa shape index (κ3) is 2.64. The number of nitrogens with zero attached hydrogens (tertiary/aromatic N) is 1. The summed E-state index contributed by atoms with van der Waals surface area (Å²) in [5.41, 5.74) is 0.383. The Kier molecular flexibility index (Phi) is 3.43. The number of hydrogen-bond acceptors (Lipinski definition) is 3. The van der Waals surface area contributed by atoms with Gasteiger partial charge in [0.05, 0.1) is 0 Å². The van der Waals surface area contributed by atoms with Gasteiger partial charge in [-0.15, -0.1) is 11.6 Å². The molecule has 2 N–H and O–H groups in total. The molecule has 2 rings (SSSR count). The molecule has 0 spiro atoms. The van der Waals surface area contributed by atoms with E-state index in [1.807, 2.05) is 0 Å². The van der Waals surface area contributed by atoms with Gasteiger partial charge < -0.3 is 15.1 Å². The third-order valence-electron chi connectivity index (χ3n) is 2.93. The summed E-state index contributed by atoms with van der Waals surface area (Å²) in [5, 5.41) is 18.7. The lowest BCUT2D eigenvalue weighted by molar-refractivity contribution is 0.0726. The van der Waals surface area contributed by atoms with Crippen molar-refractivity contribution in [1.29, 1.82) is 0 Å². The van der Waals surface area contributed by atoms with Crippen molar-refractivity contribution in [2.45, 2.75) is 18.2 Å². The van der Waals surface area contributed by atoms with Gasteiger partial charge >= 0.3 is 0 Å². The predicted octanol–water partition coefficient (Wildman–Crippen LogP) is 1.94. The molecule has 1 aromatic carbocycles. The van der Waals surface area contributed by atoms with Gasteiger partial charge in [-0.25, -0.2) is 0 Å². The molecule has 0 aromatic heterocycles. The highest BCUT2D eigenvalue weighted by molar-refractivity contribution is 6.20. The largest absolute Gasteiger partial charge is 0.504 e. The van der Waals surface area contributed by atoms with Crippen molar-refractivity contribution in [3.8, 4) is 11.5 Å². The standard InChI is InChI=1S/C12H14ClNO3/c13-9-3-5-14(6-4-9)12(17)8-1-2-10(15)11(16)7-8/h1-2,7,9,15-16H,3-6H2. The van der Waals surface area contributed by atoms with Crippen LogP contribution in [0.4, 0.5) is 0 Å². The minimum absolute atomic E-state index is 0.135. The smallest absolute Gasteiger partial charge is 0.253 e. The minimum Gasteiger partial charge on any atom is -0.504 e. The molecule has 1 aliphatic heterocycles. The molecule has 1 amide bonds. The van der Waals surface area contributed by atoms with E-state index in [9.17, 15) is 15.0 Å². The van der Waals surface area contributed by atoms with Gasteiger partial charge in [-0.05, 0) is 31.0 Å². The number of hydrogen-bond donors (Lipinski definition) is 2. The minimum atomic E-state index is -0.275. The summed E-state index contributed by atoms with van der Waals surface area (Å²) in [4.78, 5) is 13.8. The first-order chi connectivity index (χ1) is 8.08. The van der Waals surface area contributed by atoms with E-state index < -0.39 is 0 Å². The van der Waals surface area contributed by atoms with Crippen molar-refractivity contribution in [3.63, 3.8) is 0 Å². The van der Waals surface area contributed by atoms with Gasteiger partial charge in [0.2, 0.25) is 0 Å². The molecule has 0 radical (unpaired) electrons. The zero-order valence-corrected chi connectivity index (χ0v) is 10.0. The first-order valence-corrected chi connectivity index (χ1v) is 5.97. The summed E-state index contributed by atoms with van der Waals surface area (Å²) in [5.74, 6) is -0.632. The van der Waals surface area contributed by atoms with Gasteiger partial charge in [0, 0.05) is 24.0 Å². The molecule has 5 heteroatoms. The number of phenols is 2. The number of carbonyl (C=O) groups excluding carboxylic acids is 1. The SMILES string of the molecule is O=C(c1ccc(O)c(O)c1)N1CCC(Cl)CC1. The molecule has 1 aliphatic rings. The Morgan fingerprint density at radius 1 is 1.24 bits per heavy atom. The molecule has 1 aromatic rings. The van der Waals surface area contributed by atoms with Crippen LogP contribution in [0.1, 0.15) is 23.2 Å². The maximum absolute atomic E-state index is 12.1. The number of benzene rings is 1. The Labute approximate surface area is 104 Å². The lowest BCUT2D eigenvalue weighted by atomic mass is 10.1. The molecule has 1 fully saturated rings. The molecule has 0 bridgehead atoms. The van der Waals surface area contributed by atoms with Crippen LogP contribution in [0.2, 0.25) is 0 Å². The van der Waals surface area contributed by atoms with E-state index in [1.54, 1.807) is 4.90 Å². The van der Waals surface area contributed by atoms with Crippen LogP contribution in [0.5, 0.6) is 11.5 Å². The number of aromatic hydroxyl groups is 2. The van der Waals surface area contributed by atoms with Crippen LogP contribution in [0, 0.1) is 0 Å². The molecule has 0 unspecified atom stereocenters. The van der Waals surface area contributed by atoms with Crippen LogP contribution in [0.25, 0.3) is 0 Å². The number of halogens is 1. The lowest BCUT2D eigenvalue weighted by Crippen LogP contribution is -2.38. The highest BCUT2D eigenvalue weighted by Crippen LogP contribution is 2.26. The van der Waals surface area contributed by atoms with Gasteiger partial charge in [0.25, 0.3) is 5.91 Å². The van der Waals surface area contributed by atoms with Crippen molar-refractivity contribution in [2.75, 3.05) is 13.1 Å². The Bertz CT molecular complexity index is 428. The first-order valence-electron chi connectivity index (χ1n) is 5.53. The summed E-state index contributed by atoms with van der Waals surface area (Å²) in [6.07, 6.45) is 1.58. The number of carbonyl (C=O) groups is 1. The zero-order chi connectivity index (χ0) is 12.4. The van der Waals surface area contributed by atoms with E-state index in [0.29, 0.717) is 18.7 Å². The van der Waals surface area contributed by atoms with Crippen molar-refractivity contribution in [3.05, 3.63) is 23.8 Å². The molecule has 1 saturated heterocycles. The maximum Gasteiger partial charge on any atom is 0.253 e. The summed E-state index contributed by atoms with van der Waals surface area (Å²) in [7, 11) is 0. The van der Waals surface area contributed by atoms with Gasteiger partial charge in [-0.2, -0.15) is 0 Å². The molecular formula is C12H14ClNO3. The molecular weight excluding hydrogens is 242 g/mol. The molecule has 4 nitrogen and oxygen atoms in total. The number of alkyl halides is 1. The second kappa shape index (κ2) is 4.84. The van der Waals surface area contributed by atoms with Crippen molar-refractivity contribution >= 4 is 17.5 Å². The molecule has 17 heavy (non-hydrogen) atoms. The van der Waals surface area contributed by atoms with Crippen molar-refractivity contribution in [2.24, 2.45) is 0 Å². The normalized spacial score (nSPS) is 17.1. The Hall–Kier alpha value is -1.42. The van der Waals surface area contributed by atoms with Gasteiger partial charge in [-0.3, -0.25) is 4.79 Å². The average molecular weight is 256 g/mol. The molecule has 1 heterocycles. The highest BCUT2D eigenvalue weighted by atomic mass is 35.5. The molecule has 92 valence electrons. The van der Waals surface area contributed by atoms with Gasteiger partial charge in [-0.1, -0.05) is 0 Å². The van der Waals surface area contributed by atoms with Crippen LogP contribution in [0.15, 0.2) is 18.2 Å². The van der Waals surface area contributed by atoms with Crippen LogP contribution in [-0.4, -0.2) is 39.5 Å². The van der Waals surface area contributed by atoms with E-state index >= 15 is 0 Å². The van der Waals surface area contributed by atoms with Crippen LogP contribution >= 0.6 is 11.6 Å². The quantitative estimate of drug-likeness (QED) is 0.596. The summed E-state index contributed by atoms with van der Waals surface area (Å²) >= 11 is 5.97. The summed E-state index contributed by atoms with van der Waals surface area (Å²) in [6, 6.07) is 4.10. The van der Waals surface area contributed by atoms with E-state index in [0.717, 1.165) is 12.8 Å². The second-order valence-corrected chi connectivity index (χ2v) is 4.79. The number of rotatable bonds is 1. The number of amides is 1. The number of likely N-dealkylation sites (tertiary alicyclic amines) is 1. The average Bonchev–Trinajstić information content (AvgIpc) is 2.33. The van der Waals surface area contributed by atoms with E-state index in [2.05, 4.69) is 0 Å². The number of phenolic OH excluding ortho intramolecular Hbond substituents is 2. The van der Waals surface area contributed by atoms with Gasteiger partial charge in [0.1, 0.15) is 0 Å². The molecule has 0 aliphatic carbocycles. The fraction of sp³-hybridized carbons (Fsp3) is 0.417. The highest BCUT2D eigenvalue weighted by Gasteiger charge is 2.22. The van der Waals surface area contributed by atoms with E-state index in [4.69, 9.17) is 11.6 Å². The maximum atomic E-state index is 12.1. The predicted molar refractivity (Wildman–Crippen MR) is 64.6 cm³/mol. The summed E-state index contributed by atoms with van der Waals surface area (Å²) in [6.45, 7) is 1.27. The van der Waals surface area contributed by atoms with Crippen LogP contribution < -0.4 is 0 Å². The zero-order valence-electron chi connectivity index (χ0n) is 9.27. The number of piperidine rings is 1.